The first-order chi connectivity index (χ1) is 14.3. The van der Waals surface area contributed by atoms with Gasteiger partial charge in [-0.3, -0.25) is 10.2 Å². The molecule has 2 heterocycles. The second-order valence-corrected chi connectivity index (χ2v) is 8.22. The largest absolute Gasteiger partial charge is 0.492 e. The molecule has 4 rings (SSSR count). The van der Waals surface area contributed by atoms with E-state index in [0.717, 1.165) is 28.1 Å². The van der Waals surface area contributed by atoms with Crippen molar-refractivity contribution in [2.24, 2.45) is 0 Å². The van der Waals surface area contributed by atoms with Gasteiger partial charge in [-0.1, -0.05) is 48.1 Å². The van der Waals surface area contributed by atoms with Gasteiger partial charge in [-0.15, -0.1) is 0 Å². The van der Waals surface area contributed by atoms with E-state index in [-0.39, 0.29) is 6.03 Å². The molecule has 0 bridgehead atoms. The van der Waals surface area contributed by atoms with Crippen molar-refractivity contribution in [3.8, 4) is 5.75 Å². The van der Waals surface area contributed by atoms with Crippen LogP contribution in [0.2, 0.25) is 0 Å². The molecule has 1 fully saturated rings. The molecular weight excluding hydrogens is 384 g/mol. The summed E-state index contributed by atoms with van der Waals surface area (Å²) in [6.07, 6.45) is 3.93. The number of nitrogens with one attached hydrogen (secondary N) is 2. The van der Waals surface area contributed by atoms with Crippen LogP contribution in [0.15, 0.2) is 48.5 Å². The van der Waals surface area contributed by atoms with E-state index in [1.165, 1.54) is 43.7 Å². The average molecular weight is 411 g/mol. The molecule has 0 radical (unpaired) electrons. The minimum atomic E-state index is -0.258. The van der Waals surface area contributed by atoms with Crippen molar-refractivity contribution >= 4 is 32.7 Å². The number of nitrogens with zero attached hydrogens (tertiary/aromatic N) is 2. The normalized spacial score (nSPS) is 14.6. The van der Waals surface area contributed by atoms with E-state index in [4.69, 9.17) is 4.74 Å². The van der Waals surface area contributed by atoms with Crippen LogP contribution in [0.4, 0.5) is 9.93 Å². The quantitative estimate of drug-likeness (QED) is 0.603. The molecule has 152 valence electrons. The number of anilines is 1. The lowest BCUT2D eigenvalue weighted by Gasteiger charge is -2.26. The summed E-state index contributed by atoms with van der Waals surface area (Å²) in [6, 6.07) is 15.4. The van der Waals surface area contributed by atoms with Crippen molar-refractivity contribution < 1.29 is 9.53 Å². The third-order valence-electron chi connectivity index (χ3n) is 5.00. The molecule has 0 saturated carbocycles. The summed E-state index contributed by atoms with van der Waals surface area (Å²) in [6.45, 7) is 4.50. The number of thiazole rings is 1. The van der Waals surface area contributed by atoms with Gasteiger partial charge in [0.2, 0.25) is 0 Å². The van der Waals surface area contributed by atoms with Crippen molar-refractivity contribution in [2.75, 3.05) is 31.6 Å². The molecule has 7 heteroatoms. The van der Waals surface area contributed by atoms with Crippen molar-refractivity contribution in [1.82, 2.24) is 15.2 Å². The van der Waals surface area contributed by atoms with E-state index in [0.29, 0.717) is 18.3 Å². The number of fused-ring (bicyclic) bond motifs is 1. The van der Waals surface area contributed by atoms with Crippen LogP contribution in [-0.4, -0.2) is 42.2 Å². The Labute approximate surface area is 174 Å². The molecular formula is C22H26N4O2S. The number of carbonyl (C=O) groups excluding carboxylic acids is 1. The fourth-order valence-electron chi connectivity index (χ4n) is 3.44. The zero-order chi connectivity index (χ0) is 19.9. The molecule has 1 saturated heterocycles. The molecule has 0 atom stereocenters. The van der Waals surface area contributed by atoms with E-state index in [9.17, 15) is 4.79 Å². The van der Waals surface area contributed by atoms with E-state index < -0.39 is 0 Å². The molecule has 6 nitrogen and oxygen atoms in total. The second kappa shape index (κ2) is 9.71. The number of amides is 2. The average Bonchev–Trinajstić information content (AvgIpc) is 3.15. The maximum atomic E-state index is 12.1. The Balaban J connectivity index is 1.28. The van der Waals surface area contributed by atoms with Crippen LogP contribution in [0.5, 0.6) is 5.75 Å². The molecule has 2 N–H and O–H groups in total. The second-order valence-electron chi connectivity index (χ2n) is 7.19. The summed E-state index contributed by atoms with van der Waals surface area (Å²) in [5.41, 5.74) is 1.91. The number of ether oxygens (including phenoxy) is 1. The monoisotopic (exact) mass is 410 g/mol. The number of piperidine rings is 1. The lowest BCUT2D eigenvalue weighted by atomic mass is 10.1. The van der Waals surface area contributed by atoms with Gasteiger partial charge < -0.3 is 10.1 Å². The number of benzene rings is 2. The van der Waals surface area contributed by atoms with Gasteiger partial charge in [0.05, 0.1) is 10.2 Å². The van der Waals surface area contributed by atoms with Gasteiger partial charge in [0.15, 0.2) is 5.13 Å². The highest BCUT2D eigenvalue weighted by Gasteiger charge is 2.11. The maximum Gasteiger partial charge on any atom is 0.321 e. The maximum absolute atomic E-state index is 12.1. The first-order valence-corrected chi connectivity index (χ1v) is 10.9. The fourth-order valence-corrected chi connectivity index (χ4v) is 4.33. The number of aromatic nitrogens is 1. The first kappa shape index (κ1) is 19.7. The molecule has 2 amide bonds. The highest BCUT2D eigenvalue weighted by molar-refractivity contribution is 7.22. The summed E-state index contributed by atoms with van der Waals surface area (Å²) in [5, 5.41) is 6.25. The summed E-state index contributed by atoms with van der Waals surface area (Å²) in [5.74, 6) is 0.846. The molecule has 0 aliphatic carbocycles. The van der Waals surface area contributed by atoms with Crippen LogP contribution < -0.4 is 15.4 Å². The molecule has 1 aromatic heterocycles. The van der Waals surface area contributed by atoms with E-state index in [2.05, 4.69) is 20.5 Å². The van der Waals surface area contributed by atoms with Crippen LogP contribution >= 0.6 is 11.3 Å². The molecule has 29 heavy (non-hydrogen) atoms. The van der Waals surface area contributed by atoms with Crippen molar-refractivity contribution in [3.63, 3.8) is 0 Å². The fraction of sp³-hybridized carbons (Fsp3) is 0.364. The third kappa shape index (κ3) is 5.68. The van der Waals surface area contributed by atoms with Crippen LogP contribution in [0, 0.1) is 0 Å². The lowest BCUT2D eigenvalue weighted by molar-refractivity contribution is 0.183. The Morgan fingerprint density at radius 2 is 1.93 bits per heavy atom. The summed E-state index contributed by atoms with van der Waals surface area (Å²) >= 11 is 1.45. The van der Waals surface area contributed by atoms with Gasteiger partial charge in [0.1, 0.15) is 12.4 Å². The SMILES string of the molecule is O=C(NCc1ccccc1)Nc1nc2ccc(OCCN3CCCCC3)cc2s1. The number of likely N-dealkylation sites (tertiary alicyclic amines) is 1. The van der Waals surface area contributed by atoms with Gasteiger partial charge >= 0.3 is 6.03 Å². The molecule has 3 aromatic rings. The van der Waals surface area contributed by atoms with Gasteiger partial charge in [0.25, 0.3) is 0 Å². The number of carbonyl (C=O) groups is 1. The Hall–Kier alpha value is -2.64. The van der Waals surface area contributed by atoms with E-state index >= 15 is 0 Å². The lowest BCUT2D eigenvalue weighted by Crippen LogP contribution is -2.33. The Morgan fingerprint density at radius 3 is 2.76 bits per heavy atom. The first-order valence-electron chi connectivity index (χ1n) is 10.1. The molecule has 2 aromatic carbocycles. The highest BCUT2D eigenvalue weighted by Crippen LogP contribution is 2.29. The van der Waals surface area contributed by atoms with E-state index in [1.807, 2.05) is 48.5 Å². The minimum absolute atomic E-state index is 0.258. The Kier molecular flexibility index (Phi) is 6.59. The highest BCUT2D eigenvalue weighted by atomic mass is 32.1. The number of urea groups is 1. The van der Waals surface area contributed by atoms with Crippen LogP contribution in [-0.2, 0) is 6.54 Å². The third-order valence-corrected chi connectivity index (χ3v) is 5.93. The topological polar surface area (TPSA) is 66.5 Å². The predicted molar refractivity (Wildman–Crippen MR) is 118 cm³/mol. The van der Waals surface area contributed by atoms with Crippen molar-refractivity contribution in [3.05, 3.63) is 54.1 Å². The standard InChI is InChI=1S/C22H26N4O2S/c27-21(23-16-17-7-3-1-4-8-17)25-22-24-19-10-9-18(15-20(19)29-22)28-14-13-26-11-5-2-6-12-26/h1,3-4,7-10,15H,2,5-6,11-14,16H2,(H2,23,24,25,27). The number of rotatable bonds is 7. The summed E-state index contributed by atoms with van der Waals surface area (Å²) < 4.78 is 6.93. The van der Waals surface area contributed by atoms with Crippen molar-refractivity contribution in [1.29, 1.82) is 0 Å². The van der Waals surface area contributed by atoms with E-state index in [1.54, 1.807) is 0 Å². The smallest absolute Gasteiger partial charge is 0.321 e. The minimum Gasteiger partial charge on any atom is -0.492 e. The molecule has 0 spiro atoms. The Bertz CT molecular complexity index is 938. The predicted octanol–water partition coefficient (Wildman–Crippen LogP) is 4.48. The van der Waals surface area contributed by atoms with Gasteiger partial charge in [-0.05, 0) is 49.7 Å². The zero-order valence-electron chi connectivity index (χ0n) is 16.4. The number of hydrogen-bond acceptors (Lipinski definition) is 5. The van der Waals surface area contributed by atoms with Gasteiger partial charge in [0, 0.05) is 13.1 Å². The molecule has 1 aliphatic rings. The summed E-state index contributed by atoms with van der Waals surface area (Å²) in [4.78, 5) is 19.1. The van der Waals surface area contributed by atoms with Crippen LogP contribution in [0.3, 0.4) is 0 Å². The molecule has 0 unspecified atom stereocenters. The molecule has 1 aliphatic heterocycles. The Morgan fingerprint density at radius 1 is 1.10 bits per heavy atom. The van der Waals surface area contributed by atoms with Crippen LogP contribution in [0.1, 0.15) is 24.8 Å². The zero-order valence-corrected chi connectivity index (χ0v) is 17.2. The summed E-state index contributed by atoms with van der Waals surface area (Å²) in [7, 11) is 0. The van der Waals surface area contributed by atoms with Crippen LogP contribution in [0.25, 0.3) is 10.2 Å². The van der Waals surface area contributed by atoms with Gasteiger partial charge in [-0.2, -0.15) is 0 Å². The van der Waals surface area contributed by atoms with Crippen molar-refractivity contribution in [2.45, 2.75) is 25.8 Å². The van der Waals surface area contributed by atoms with Gasteiger partial charge in [-0.25, -0.2) is 9.78 Å². The number of hydrogen-bond donors (Lipinski definition) is 2.